The fraction of sp³-hybridized carbons (Fsp3) is 1.00. The third-order valence-corrected chi connectivity index (χ3v) is 4.10. The van der Waals surface area contributed by atoms with Gasteiger partial charge in [-0.2, -0.15) is 0 Å². The van der Waals surface area contributed by atoms with Crippen molar-refractivity contribution < 1.29 is 0 Å². The van der Waals surface area contributed by atoms with Crippen LogP contribution in [0.5, 0.6) is 0 Å². The predicted octanol–water partition coefficient (Wildman–Crippen LogP) is 1.86. The van der Waals surface area contributed by atoms with E-state index in [1.807, 2.05) is 0 Å². The number of nitrogens with zero attached hydrogens (tertiary/aromatic N) is 1. The van der Waals surface area contributed by atoms with Crippen molar-refractivity contribution in [1.29, 1.82) is 0 Å². The summed E-state index contributed by atoms with van der Waals surface area (Å²) in [6, 6.07) is 0.704. The number of nitrogens with one attached hydrogen (secondary N) is 1. The van der Waals surface area contributed by atoms with Gasteiger partial charge in [-0.3, -0.25) is 4.90 Å². The lowest BCUT2D eigenvalue weighted by Crippen LogP contribution is -2.47. The molecule has 1 heterocycles. The quantitative estimate of drug-likeness (QED) is 0.725. The van der Waals surface area contributed by atoms with E-state index in [-0.39, 0.29) is 0 Å². The molecule has 0 amide bonds. The van der Waals surface area contributed by atoms with E-state index in [1.54, 1.807) is 0 Å². The first-order valence-corrected chi connectivity index (χ1v) is 6.09. The second-order valence-electron chi connectivity index (χ2n) is 5.56. The Balaban J connectivity index is 1.95. The van der Waals surface area contributed by atoms with Gasteiger partial charge in [-0.05, 0) is 46.0 Å². The van der Waals surface area contributed by atoms with Crippen molar-refractivity contribution in [1.82, 2.24) is 10.2 Å². The average Bonchev–Trinajstić information content (AvgIpc) is 2.89. The predicted molar refractivity (Wildman–Crippen MR) is 60.5 cm³/mol. The summed E-state index contributed by atoms with van der Waals surface area (Å²) in [5.74, 6) is 0.968. The Kier molecular flexibility index (Phi) is 2.85. The van der Waals surface area contributed by atoms with Crippen molar-refractivity contribution in [2.75, 3.05) is 19.6 Å². The fourth-order valence-electron chi connectivity index (χ4n) is 2.63. The summed E-state index contributed by atoms with van der Waals surface area (Å²) in [5, 5.41) is 3.56. The van der Waals surface area contributed by atoms with Gasteiger partial charge in [-0.25, -0.2) is 0 Å². The lowest BCUT2D eigenvalue weighted by molar-refractivity contribution is 0.106. The zero-order valence-electron chi connectivity index (χ0n) is 9.84. The molecule has 82 valence electrons. The lowest BCUT2D eigenvalue weighted by Gasteiger charge is -2.38. The summed E-state index contributed by atoms with van der Waals surface area (Å²) in [5.41, 5.74) is 0.450. The second-order valence-corrected chi connectivity index (χ2v) is 5.56. The minimum atomic E-state index is 0.450. The van der Waals surface area contributed by atoms with Gasteiger partial charge in [0.25, 0.3) is 0 Å². The van der Waals surface area contributed by atoms with E-state index in [0.717, 1.165) is 12.5 Å². The fourth-order valence-corrected chi connectivity index (χ4v) is 2.63. The van der Waals surface area contributed by atoms with Crippen LogP contribution < -0.4 is 5.32 Å². The van der Waals surface area contributed by atoms with Gasteiger partial charge in [0.15, 0.2) is 0 Å². The number of rotatable bonds is 2. The molecule has 1 aliphatic carbocycles. The van der Waals surface area contributed by atoms with E-state index < -0.39 is 0 Å². The highest BCUT2D eigenvalue weighted by Crippen LogP contribution is 2.42. The maximum atomic E-state index is 3.56. The van der Waals surface area contributed by atoms with Gasteiger partial charge in [0.05, 0.1) is 0 Å². The summed E-state index contributed by atoms with van der Waals surface area (Å²) in [6.07, 6.45) is 4.20. The van der Waals surface area contributed by atoms with Crippen LogP contribution in [0.3, 0.4) is 0 Å². The zero-order valence-corrected chi connectivity index (χ0v) is 9.84. The molecule has 0 aromatic heterocycles. The van der Waals surface area contributed by atoms with E-state index >= 15 is 0 Å². The SMILES string of the molecule is CC1CCN(C(C)(C)C2CC2)CCN1. The molecule has 1 atom stereocenters. The van der Waals surface area contributed by atoms with Crippen LogP contribution in [0.1, 0.15) is 40.0 Å². The van der Waals surface area contributed by atoms with Gasteiger partial charge in [0.2, 0.25) is 0 Å². The van der Waals surface area contributed by atoms with Crippen LogP contribution in [-0.2, 0) is 0 Å². The molecular formula is C12H24N2. The van der Waals surface area contributed by atoms with Crippen LogP contribution in [0.25, 0.3) is 0 Å². The van der Waals surface area contributed by atoms with Crippen LogP contribution in [0.2, 0.25) is 0 Å². The Morgan fingerprint density at radius 3 is 2.50 bits per heavy atom. The third kappa shape index (κ3) is 2.12. The van der Waals surface area contributed by atoms with Crippen LogP contribution in [-0.4, -0.2) is 36.1 Å². The van der Waals surface area contributed by atoms with Gasteiger partial charge in [0.1, 0.15) is 0 Å². The van der Waals surface area contributed by atoms with Gasteiger partial charge in [0, 0.05) is 31.2 Å². The first-order valence-electron chi connectivity index (χ1n) is 6.09. The molecule has 2 nitrogen and oxygen atoms in total. The summed E-state index contributed by atoms with van der Waals surface area (Å²) in [7, 11) is 0. The van der Waals surface area contributed by atoms with Crippen molar-refractivity contribution in [3.05, 3.63) is 0 Å². The molecule has 1 saturated heterocycles. The Morgan fingerprint density at radius 1 is 1.14 bits per heavy atom. The Morgan fingerprint density at radius 2 is 1.86 bits per heavy atom. The highest BCUT2D eigenvalue weighted by atomic mass is 15.2. The first-order chi connectivity index (χ1) is 6.60. The summed E-state index contributed by atoms with van der Waals surface area (Å²) >= 11 is 0. The molecule has 0 radical (unpaired) electrons. The molecule has 0 aromatic rings. The second kappa shape index (κ2) is 3.82. The topological polar surface area (TPSA) is 15.3 Å². The largest absolute Gasteiger partial charge is 0.313 e. The van der Waals surface area contributed by atoms with Gasteiger partial charge < -0.3 is 5.32 Å². The zero-order chi connectivity index (χ0) is 10.2. The molecule has 2 rings (SSSR count). The summed E-state index contributed by atoms with van der Waals surface area (Å²) < 4.78 is 0. The minimum absolute atomic E-state index is 0.450. The molecule has 2 heteroatoms. The van der Waals surface area contributed by atoms with Gasteiger partial charge >= 0.3 is 0 Å². The summed E-state index contributed by atoms with van der Waals surface area (Å²) in [4.78, 5) is 2.70. The monoisotopic (exact) mass is 196 g/mol. The molecule has 0 bridgehead atoms. The molecule has 0 spiro atoms. The van der Waals surface area contributed by atoms with E-state index in [2.05, 4.69) is 31.0 Å². The molecule has 14 heavy (non-hydrogen) atoms. The molecular weight excluding hydrogens is 172 g/mol. The smallest absolute Gasteiger partial charge is 0.0181 e. The standard InChI is InChI=1S/C12H24N2/c1-10-6-8-14(9-7-13-10)12(2,3)11-4-5-11/h10-11,13H,4-9H2,1-3H3. The van der Waals surface area contributed by atoms with E-state index in [1.165, 1.54) is 32.4 Å². The molecule has 1 aliphatic heterocycles. The van der Waals surface area contributed by atoms with Crippen molar-refractivity contribution in [2.24, 2.45) is 5.92 Å². The normalized spacial score (nSPS) is 31.5. The van der Waals surface area contributed by atoms with Crippen LogP contribution >= 0.6 is 0 Å². The third-order valence-electron chi connectivity index (χ3n) is 4.10. The number of hydrogen-bond donors (Lipinski definition) is 1. The van der Waals surface area contributed by atoms with Crippen LogP contribution in [0, 0.1) is 5.92 Å². The molecule has 2 fully saturated rings. The van der Waals surface area contributed by atoms with Gasteiger partial charge in [-0.1, -0.05) is 0 Å². The van der Waals surface area contributed by atoms with Crippen molar-refractivity contribution in [2.45, 2.75) is 51.6 Å². The lowest BCUT2D eigenvalue weighted by atomic mass is 9.95. The van der Waals surface area contributed by atoms with Crippen LogP contribution in [0.15, 0.2) is 0 Å². The van der Waals surface area contributed by atoms with Crippen molar-refractivity contribution in [3.8, 4) is 0 Å². The summed E-state index contributed by atoms with van der Waals surface area (Å²) in [6.45, 7) is 10.8. The maximum absolute atomic E-state index is 3.56. The van der Waals surface area contributed by atoms with Gasteiger partial charge in [-0.15, -0.1) is 0 Å². The first kappa shape index (κ1) is 10.4. The van der Waals surface area contributed by atoms with Crippen molar-refractivity contribution >= 4 is 0 Å². The highest BCUT2D eigenvalue weighted by Gasteiger charge is 2.41. The molecule has 0 aromatic carbocycles. The van der Waals surface area contributed by atoms with E-state index in [0.29, 0.717) is 11.6 Å². The van der Waals surface area contributed by atoms with Crippen LogP contribution in [0.4, 0.5) is 0 Å². The average molecular weight is 196 g/mol. The Bertz CT molecular complexity index is 196. The molecule has 2 aliphatic rings. The van der Waals surface area contributed by atoms with Crippen molar-refractivity contribution in [3.63, 3.8) is 0 Å². The minimum Gasteiger partial charge on any atom is -0.313 e. The molecule has 1 N–H and O–H groups in total. The highest BCUT2D eigenvalue weighted by molar-refractivity contribution is 4.97. The van der Waals surface area contributed by atoms with E-state index in [9.17, 15) is 0 Å². The van der Waals surface area contributed by atoms with E-state index in [4.69, 9.17) is 0 Å². The maximum Gasteiger partial charge on any atom is 0.0181 e. The Labute approximate surface area is 88.1 Å². The molecule has 1 saturated carbocycles. The number of hydrogen-bond acceptors (Lipinski definition) is 2. The molecule has 1 unspecified atom stereocenters. The Hall–Kier alpha value is -0.0800.